The third-order valence-corrected chi connectivity index (χ3v) is 3.95. The molecule has 1 aliphatic rings. The van der Waals surface area contributed by atoms with Gasteiger partial charge in [0, 0.05) is 33.1 Å². The Morgan fingerprint density at radius 1 is 1.57 bits per heavy atom. The summed E-state index contributed by atoms with van der Waals surface area (Å²) >= 11 is 0. The van der Waals surface area contributed by atoms with Crippen LogP contribution in [0.3, 0.4) is 0 Å². The van der Waals surface area contributed by atoms with Gasteiger partial charge in [-0.15, -0.1) is 0 Å². The maximum atomic E-state index is 12.1. The van der Waals surface area contributed by atoms with Crippen molar-refractivity contribution in [2.24, 2.45) is 0 Å². The van der Waals surface area contributed by atoms with E-state index >= 15 is 0 Å². The molecule has 2 aromatic heterocycles. The van der Waals surface area contributed by atoms with E-state index in [1.165, 1.54) is 0 Å². The highest BCUT2D eigenvalue weighted by Crippen LogP contribution is 2.32. The number of hydrogen-bond acceptors (Lipinski definition) is 4. The summed E-state index contributed by atoms with van der Waals surface area (Å²) in [5.74, 6) is 0.865. The molecule has 1 amide bonds. The molecule has 1 saturated heterocycles. The number of hydrogen-bond donors (Lipinski definition) is 1. The Morgan fingerprint density at radius 2 is 2.43 bits per heavy atom. The Bertz CT molecular complexity index is 652. The van der Waals surface area contributed by atoms with Crippen LogP contribution in [0.15, 0.2) is 24.5 Å². The molecule has 0 aromatic carbocycles. The number of nitrogens with zero attached hydrogens (tertiary/aromatic N) is 3. The van der Waals surface area contributed by atoms with E-state index in [-0.39, 0.29) is 18.6 Å². The SMILES string of the molecule is CNc1nc([C@@H]2CCCN2C(=O)COC)cn2cccc12. The monoisotopic (exact) mass is 288 g/mol. The largest absolute Gasteiger partial charge is 0.375 e. The van der Waals surface area contributed by atoms with Gasteiger partial charge < -0.3 is 19.4 Å². The van der Waals surface area contributed by atoms with Crippen LogP contribution in [-0.2, 0) is 9.53 Å². The lowest BCUT2D eigenvalue weighted by molar-refractivity contribution is -0.136. The van der Waals surface area contributed by atoms with Crippen LogP contribution < -0.4 is 5.32 Å². The van der Waals surface area contributed by atoms with E-state index in [0.29, 0.717) is 0 Å². The molecule has 1 N–H and O–H groups in total. The number of aromatic nitrogens is 2. The van der Waals surface area contributed by atoms with Crippen LogP contribution in [0.4, 0.5) is 5.82 Å². The summed E-state index contributed by atoms with van der Waals surface area (Å²) in [7, 11) is 3.41. The molecule has 6 nitrogen and oxygen atoms in total. The normalized spacial score (nSPS) is 18.4. The summed E-state index contributed by atoms with van der Waals surface area (Å²) in [5, 5.41) is 3.13. The smallest absolute Gasteiger partial charge is 0.249 e. The molecule has 3 heterocycles. The molecule has 0 radical (unpaired) electrons. The highest BCUT2D eigenvalue weighted by molar-refractivity contribution is 5.78. The van der Waals surface area contributed by atoms with Gasteiger partial charge in [0.2, 0.25) is 5.91 Å². The van der Waals surface area contributed by atoms with Gasteiger partial charge in [-0.25, -0.2) is 4.98 Å². The van der Waals surface area contributed by atoms with Crippen molar-refractivity contribution in [1.29, 1.82) is 0 Å². The van der Waals surface area contributed by atoms with E-state index in [9.17, 15) is 4.79 Å². The van der Waals surface area contributed by atoms with Gasteiger partial charge in [0.15, 0.2) is 0 Å². The number of likely N-dealkylation sites (tertiary alicyclic amines) is 1. The lowest BCUT2D eigenvalue weighted by Crippen LogP contribution is -2.33. The molecule has 1 atom stereocenters. The number of amides is 1. The van der Waals surface area contributed by atoms with Gasteiger partial charge in [-0.3, -0.25) is 4.79 Å². The Balaban J connectivity index is 1.96. The topological polar surface area (TPSA) is 58.9 Å². The zero-order valence-electron chi connectivity index (χ0n) is 12.4. The molecule has 2 aromatic rings. The van der Waals surface area contributed by atoms with Crippen LogP contribution in [0.2, 0.25) is 0 Å². The Morgan fingerprint density at radius 3 is 3.19 bits per heavy atom. The fourth-order valence-electron chi connectivity index (χ4n) is 2.99. The second-order valence-electron chi connectivity index (χ2n) is 5.24. The highest BCUT2D eigenvalue weighted by Gasteiger charge is 2.31. The first kappa shape index (κ1) is 13.9. The van der Waals surface area contributed by atoms with Crippen LogP contribution in [-0.4, -0.2) is 47.5 Å². The average Bonchev–Trinajstić information content (AvgIpc) is 3.14. The summed E-state index contributed by atoms with van der Waals surface area (Å²) in [4.78, 5) is 18.7. The number of fused-ring (bicyclic) bond motifs is 1. The minimum Gasteiger partial charge on any atom is -0.375 e. The first-order valence-corrected chi connectivity index (χ1v) is 7.18. The van der Waals surface area contributed by atoms with Crippen molar-refractivity contribution in [3.63, 3.8) is 0 Å². The van der Waals surface area contributed by atoms with Crippen molar-refractivity contribution in [1.82, 2.24) is 14.3 Å². The van der Waals surface area contributed by atoms with E-state index in [4.69, 9.17) is 9.72 Å². The highest BCUT2D eigenvalue weighted by atomic mass is 16.5. The molecule has 0 unspecified atom stereocenters. The summed E-state index contributed by atoms with van der Waals surface area (Å²) in [6.07, 6.45) is 5.95. The molecule has 0 saturated carbocycles. The molecular formula is C15H20N4O2. The van der Waals surface area contributed by atoms with Crippen LogP contribution in [0.25, 0.3) is 5.52 Å². The predicted molar refractivity (Wildman–Crippen MR) is 80.3 cm³/mol. The molecule has 0 bridgehead atoms. The van der Waals surface area contributed by atoms with Gasteiger partial charge in [0.05, 0.1) is 17.3 Å². The van der Waals surface area contributed by atoms with Crippen LogP contribution in [0.1, 0.15) is 24.6 Å². The van der Waals surface area contributed by atoms with E-state index in [0.717, 1.165) is 36.4 Å². The minimum atomic E-state index is 0.0282. The van der Waals surface area contributed by atoms with Gasteiger partial charge in [-0.1, -0.05) is 0 Å². The summed E-state index contributed by atoms with van der Waals surface area (Å²) in [6.45, 7) is 0.897. The molecule has 21 heavy (non-hydrogen) atoms. The summed E-state index contributed by atoms with van der Waals surface area (Å²) in [6, 6.07) is 4.04. The molecule has 112 valence electrons. The number of carbonyl (C=O) groups excluding carboxylic acids is 1. The van der Waals surface area contributed by atoms with Gasteiger partial charge in [0.25, 0.3) is 0 Å². The van der Waals surface area contributed by atoms with Crippen molar-refractivity contribution in [2.75, 3.05) is 32.6 Å². The molecule has 6 heteroatoms. The van der Waals surface area contributed by atoms with E-state index in [1.807, 2.05) is 40.9 Å². The molecule has 0 spiro atoms. The predicted octanol–water partition coefficient (Wildman–Crippen LogP) is 1.69. The first-order valence-electron chi connectivity index (χ1n) is 7.18. The fraction of sp³-hybridized carbons (Fsp3) is 0.467. The van der Waals surface area contributed by atoms with Crippen molar-refractivity contribution in [2.45, 2.75) is 18.9 Å². The third kappa shape index (κ3) is 2.47. The van der Waals surface area contributed by atoms with Gasteiger partial charge in [0.1, 0.15) is 12.4 Å². The zero-order chi connectivity index (χ0) is 14.8. The standard InChI is InChI=1S/C15H20N4O2/c1-16-15-13-6-3-7-18(13)9-11(17-15)12-5-4-8-19(12)14(20)10-21-2/h3,6-7,9,12H,4-5,8,10H2,1-2H3,(H,16,17)/t12-/m0/s1. The third-order valence-electron chi connectivity index (χ3n) is 3.95. The van der Waals surface area contributed by atoms with E-state index in [1.54, 1.807) is 7.11 Å². The van der Waals surface area contributed by atoms with Gasteiger partial charge >= 0.3 is 0 Å². The lowest BCUT2D eigenvalue weighted by Gasteiger charge is -2.24. The Labute approximate surface area is 123 Å². The van der Waals surface area contributed by atoms with Crippen molar-refractivity contribution < 1.29 is 9.53 Å². The fourth-order valence-corrected chi connectivity index (χ4v) is 2.99. The van der Waals surface area contributed by atoms with Crippen LogP contribution in [0.5, 0.6) is 0 Å². The van der Waals surface area contributed by atoms with E-state index in [2.05, 4.69) is 5.32 Å². The number of methoxy groups -OCH3 is 1. The molecule has 0 aliphatic carbocycles. The summed E-state index contributed by atoms with van der Waals surface area (Å²) < 4.78 is 7.02. The number of nitrogens with one attached hydrogen (secondary N) is 1. The van der Waals surface area contributed by atoms with Crippen molar-refractivity contribution >= 4 is 17.2 Å². The van der Waals surface area contributed by atoms with Crippen molar-refractivity contribution in [3.05, 3.63) is 30.2 Å². The number of ether oxygens (including phenoxy) is 1. The second-order valence-corrected chi connectivity index (χ2v) is 5.24. The number of anilines is 1. The molecule has 3 rings (SSSR count). The number of carbonyl (C=O) groups is 1. The van der Waals surface area contributed by atoms with Gasteiger partial charge in [-0.2, -0.15) is 0 Å². The molecule has 1 fully saturated rings. The molecule has 1 aliphatic heterocycles. The number of rotatable bonds is 4. The quantitative estimate of drug-likeness (QED) is 0.930. The summed E-state index contributed by atoms with van der Waals surface area (Å²) in [5.41, 5.74) is 1.96. The minimum absolute atomic E-state index is 0.0282. The maximum absolute atomic E-state index is 12.1. The molecular weight excluding hydrogens is 268 g/mol. The zero-order valence-corrected chi connectivity index (χ0v) is 12.4. The van der Waals surface area contributed by atoms with Crippen LogP contribution in [0, 0.1) is 0 Å². The first-order chi connectivity index (χ1) is 10.2. The average molecular weight is 288 g/mol. The lowest BCUT2D eigenvalue weighted by atomic mass is 10.1. The maximum Gasteiger partial charge on any atom is 0.249 e. The second kappa shape index (κ2) is 5.73. The Kier molecular flexibility index (Phi) is 3.79. The Hall–Kier alpha value is -2.08. The van der Waals surface area contributed by atoms with E-state index < -0.39 is 0 Å². The van der Waals surface area contributed by atoms with Gasteiger partial charge in [-0.05, 0) is 25.0 Å². The van der Waals surface area contributed by atoms with Crippen LogP contribution >= 0.6 is 0 Å². The van der Waals surface area contributed by atoms with Crippen molar-refractivity contribution in [3.8, 4) is 0 Å².